The van der Waals surface area contributed by atoms with Crippen molar-refractivity contribution in [2.75, 3.05) is 0 Å². The summed E-state index contributed by atoms with van der Waals surface area (Å²) in [6, 6.07) is 3.20. The van der Waals surface area contributed by atoms with Crippen LogP contribution in [0.2, 0.25) is 0 Å². The maximum atomic E-state index is 4.74. The average molecular weight is 309 g/mol. The van der Waals surface area contributed by atoms with Gasteiger partial charge >= 0.3 is 0 Å². The number of halogens is 1. The number of rotatable bonds is 4. The predicted molar refractivity (Wildman–Crippen MR) is 89.0 cm³/mol. The molecule has 1 saturated heterocycles. The smallest absolute Gasteiger partial charge is 0.132 e. The van der Waals surface area contributed by atoms with E-state index >= 15 is 0 Å². The quantitative estimate of drug-likeness (QED) is 0.903. The molecular formula is C16H25ClN4. The van der Waals surface area contributed by atoms with E-state index in [-0.39, 0.29) is 12.4 Å². The highest BCUT2D eigenvalue weighted by Gasteiger charge is 2.28. The van der Waals surface area contributed by atoms with Crippen LogP contribution in [0.4, 0.5) is 0 Å². The van der Waals surface area contributed by atoms with Crippen molar-refractivity contribution in [1.29, 1.82) is 0 Å². The fourth-order valence-corrected chi connectivity index (χ4v) is 3.32. The first-order valence-corrected chi connectivity index (χ1v) is 7.82. The average Bonchev–Trinajstić information content (AvgIpc) is 2.92. The van der Waals surface area contributed by atoms with Crippen LogP contribution in [0.3, 0.4) is 0 Å². The van der Waals surface area contributed by atoms with E-state index < -0.39 is 0 Å². The minimum atomic E-state index is 0. The molecule has 116 valence electrons. The van der Waals surface area contributed by atoms with Crippen LogP contribution < -0.4 is 5.32 Å². The molecule has 1 aliphatic heterocycles. The van der Waals surface area contributed by atoms with Crippen LogP contribution in [0.25, 0.3) is 11.0 Å². The van der Waals surface area contributed by atoms with Crippen LogP contribution in [0, 0.1) is 0 Å². The largest absolute Gasteiger partial charge is 0.359 e. The Morgan fingerprint density at radius 3 is 3.00 bits per heavy atom. The molecule has 3 heterocycles. The number of unbranched alkanes of at least 4 members (excludes halogenated alkanes) is 1. The molecule has 3 unspecified atom stereocenters. The third-order valence-corrected chi connectivity index (χ3v) is 4.32. The van der Waals surface area contributed by atoms with E-state index in [2.05, 4.69) is 29.1 Å². The van der Waals surface area contributed by atoms with Crippen molar-refractivity contribution in [2.45, 2.75) is 64.0 Å². The van der Waals surface area contributed by atoms with Crippen molar-refractivity contribution in [2.24, 2.45) is 0 Å². The highest BCUT2D eigenvalue weighted by atomic mass is 35.5. The predicted octanol–water partition coefficient (Wildman–Crippen LogP) is 3.79. The molecule has 2 aromatic heterocycles. The Balaban J connectivity index is 0.00000161. The van der Waals surface area contributed by atoms with Gasteiger partial charge in [0.1, 0.15) is 5.82 Å². The summed E-state index contributed by atoms with van der Waals surface area (Å²) in [5.74, 6) is 1.51. The van der Waals surface area contributed by atoms with Crippen molar-refractivity contribution < 1.29 is 0 Å². The number of H-pyrrole nitrogens is 1. The summed E-state index contributed by atoms with van der Waals surface area (Å²) in [4.78, 5) is 12.5. The minimum absolute atomic E-state index is 0. The van der Waals surface area contributed by atoms with Gasteiger partial charge in [-0.3, -0.25) is 0 Å². The Kier molecular flexibility index (Phi) is 5.59. The van der Waals surface area contributed by atoms with Gasteiger partial charge in [-0.05, 0) is 32.3 Å². The number of hydrogen-bond donors (Lipinski definition) is 2. The van der Waals surface area contributed by atoms with E-state index in [0.29, 0.717) is 18.0 Å². The van der Waals surface area contributed by atoms with Gasteiger partial charge in [0.2, 0.25) is 0 Å². The van der Waals surface area contributed by atoms with Gasteiger partial charge in [-0.15, -0.1) is 12.4 Å². The van der Waals surface area contributed by atoms with Crippen molar-refractivity contribution in [1.82, 2.24) is 20.3 Å². The molecule has 2 N–H and O–H groups in total. The summed E-state index contributed by atoms with van der Waals surface area (Å²) >= 11 is 0. The van der Waals surface area contributed by atoms with Crippen molar-refractivity contribution in [3.8, 4) is 0 Å². The molecule has 21 heavy (non-hydrogen) atoms. The van der Waals surface area contributed by atoms with E-state index in [0.717, 1.165) is 23.3 Å². The lowest BCUT2D eigenvalue weighted by molar-refractivity contribution is 0.281. The van der Waals surface area contributed by atoms with Gasteiger partial charge in [-0.1, -0.05) is 19.8 Å². The van der Waals surface area contributed by atoms with Gasteiger partial charge in [0.15, 0.2) is 0 Å². The Bertz CT molecular complexity index is 568. The molecule has 0 amide bonds. The molecule has 0 aliphatic carbocycles. The van der Waals surface area contributed by atoms with Gasteiger partial charge in [-0.25, -0.2) is 9.97 Å². The highest BCUT2D eigenvalue weighted by molar-refractivity contribution is 5.85. The van der Waals surface area contributed by atoms with Gasteiger partial charge < -0.3 is 10.3 Å². The number of hydrogen-bond acceptors (Lipinski definition) is 3. The molecule has 5 heteroatoms. The minimum Gasteiger partial charge on any atom is -0.359 e. The van der Waals surface area contributed by atoms with Gasteiger partial charge in [0, 0.05) is 24.2 Å². The highest BCUT2D eigenvalue weighted by Crippen LogP contribution is 2.30. The second-order valence-corrected chi connectivity index (χ2v) is 6.08. The van der Waals surface area contributed by atoms with Crippen LogP contribution in [0.5, 0.6) is 0 Å². The van der Waals surface area contributed by atoms with E-state index in [4.69, 9.17) is 4.98 Å². The number of piperidine rings is 1. The molecular weight excluding hydrogens is 284 g/mol. The number of aromatic nitrogens is 3. The third kappa shape index (κ3) is 3.74. The van der Waals surface area contributed by atoms with Crippen LogP contribution in [-0.2, 0) is 0 Å². The summed E-state index contributed by atoms with van der Waals surface area (Å²) < 4.78 is 0. The SMILES string of the molecule is CCCCC1CC(c2ncc3[nH]ccc3n2)CC(C)N1.Cl. The first kappa shape index (κ1) is 16.2. The van der Waals surface area contributed by atoms with Crippen LogP contribution >= 0.6 is 12.4 Å². The fourth-order valence-electron chi connectivity index (χ4n) is 3.32. The molecule has 4 nitrogen and oxygen atoms in total. The first-order valence-electron chi connectivity index (χ1n) is 7.82. The molecule has 0 bridgehead atoms. The van der Waals surface area contributed by atoms with Crippen molar-refractivity contribution >= 4 is 23.4 Å². The zero-order valence-corrected chi connectivity index (χ0v) is 13.6. The summed E-state index contributed by atoms with van der Waals surface area (Å²) in [5.41, 5.74) is 2.06. The monoisotopic (exact) mass is 308 g/mol. The molecule has 2 aromatic rings. The standard InChI is InChI=1S/C16H24N4.ClH/c1-3-4-5-13-9-12(8-11(2)19-13)16-18-10-15-14(20-16)6-7-17-15;/h6-7,10-13,17,19H,3-5,8-9H2,1-2H3;1H. The zero-order valence-electron chi connectivity index (χ0n) is 12.8. The topological polar surface area (TPSA) is 53.6 Å². The fraction of sp³-hybridized carbons (Fsp3) is 0.625. The maximum Gasteiger partial charge on any atom is 0.132 e. The Labute approximate surface area is 132 Å². The molecule has 0 saturated carbocycles. The molecule has 0 radical (unpaired) electrons. The second kappa shape index (κ2) is 7.23. The number of fused-ring (bicyclic) bond motifs is 1. The maximum absolute atomic E-state index is 4.74. The molecule has 3 rings (SSSR count). The van der Waals surface area contributed by atoms with Gasteiger partial charge in [0.25, 0.3) is 0 Å². The summed E-state index contributed by atoms with van der Waals surface area (Å²) in [7, 11) is 0. The van der Waals surface area contributed by atoms with E-state index in [9.17, 15) is 0 Å². The van der Waals surface area contributed by atoms with Gasteiger partial charge in [0.05, 0.1) is 17.2 Å². The Hall–Kier alpha value is -1.13. The Morgan fingerprint density at radius 2 is 2.19 bits per heavy atom. The van der Waals surface area contributed by atoms with E-state index in [1.165, 1.54) is 25.7 Å². The number of nitrogens with one attached hydrogen (secondary N) is 2. The lowest BCUT2D eigenvalue weighted by Crippen LogP contribution is -2.43. The molecule has 3 atom stereocenters. The molecule has 1 aliphatic rings. The lowest BCUT2D eigenvalue weighted by Gasteiger charge is -2.34. The molecule has 0 spiro atoms. The molecule has 1 fully saturated rings. The Morgan fingerprint density at radius 1 is 1.33 bits per heavy atom. The van der Waals surface area contributed by atoms with E-state index in [1.807, 2.05) is 18.5 Å². The summed E-state index contributed by atoms with van der Waals surface area (Å²) in [5, 5.41) is 3.72. The normalized spacial score (nSPS) is 25.7. The summed E-state index contributed by atoms with van der Waals surface area (Å²) in [6.45, 7) is 4.53. The third-order valence-electron chi connectivity index (χ3n) is 4.32. The summed E-state index contributed by atoms with van der Waals surface area (Å²) in [6.07, 6.45) is 9.99. The van der Waals surface area contributed by atoms with Crippen LogP contribution in [0.15, 0.2) is 18.5 Å². The zero-order chi connectivity index (χ0) is 13.9. The van der Waals surface area contributed by atoms with Gasteiger partial charge in [-0.2, -0.15) is 0 Å². The van der Waals surface area contributed by atoms with E-state index in [1.54, 1.807) is 0 Å². The first-order chi connectivity index (χ1) is 9.76. The number of aromatic amines is 1. The molecule has 0 aromatic carbocycles. The van der Waals surface area contributed by atoms with Crippen LogP contribution in [-0.4, -0.2) is 27.0 Å². The number of nitrogens with zero attached hydrogens (tertiary/aromatic N) is 2. The lowest BCUT2D eigenvalue weighted by atomic mass is 9.86. The van der Waals surface area contributed by atoms with Crippen molar-refractivity contribution in [3.63, 3.8) is 0 Å². The van der Waals surface area contributed by atoms with Crippen molar-refractivity contribution in [3.05, 3.63) is 24.3 Å². The second-order valence-electron chi connectivity index (χ2n) is 6.08. The van der Waals surface area contributed by atoms with Crippen LogP contribution in [0.1, 0.15) is 57.7 Å².